The zero-order valence-corrected chi connectivity index (χ0v) is 58.7. The van der Waals surface area contributed by atoms with Crippen molar-refractivity contribution in [1.82, 2.24) is 0 Å². The van der Waals surface area contributed by atoms with E-state index in [0.29, 0.717) is 23.9 Å². The Labute approximate surface area is 534 Å². The molecule has 86 heavy (non-hydrogen) atoms. The smallest absolute Gasteiger partial charge is 0.462 e. The fourth-order valence-electron chi connectivity index (χ4n) is 11.2. The average Bonchev–Trinajstić information content (AvgIpc) is 3.56. The molecule has 0 aliphatic rings. The van der Waals surface area contributed by atoms with Crippen LogP contribution in [0.15, 0.2) is 48.6 Å². The second-order valence-corrected chi connectivity index (χ2v) is 28.1. The van der Waals surface area contributed by atoms with Gasteiger partial charge in [-0.25, -0.2) is 4.57 Å². The molecule has 0 aliphatic heterocycles. The van der Waals surface area contributed by atoms with Crippen LogP contribution in [0.2, 0.25) is 0 Å². The van der Waals surface area contributed by atoms with Crippen molar-refractivity contribution in [3.05, 3.63) is 48.6 Å². The normalized spacial score (nSPS) is 13.3. The van der Waals surface area contributed by atoms with Crippen LogP contribution in [0.25, 0.3) is 0 Å². The second kappa shape index (κ2) is 67.4. The summed E-state index contributed by atoms with van der Waals surface area (Å²) in [7, 11) is 1.50. The van der Waals surface area contributed by atoms with Gasteiger partial charge in [0.1, 0.15) is 19.8 Å². The Kier molecular flexibility index (Phi) is 65.8. The van der Waals surface area contributed by atoms with Gasteiger partial charge in [-0.3, -0.25) is 18.6 Å². The minimum Gasteiger partial charge on any atom is -0.462 e. The summed E-state index contributed by atoms with van der Waals surface area (Å²) in [6.45, 7) is 4.40. The lowest BCUT2D eigenvalue weighted by molar-refractivity contribution is -0.870. The van der Waals surface area contributed by atoms with Crippen molar-refractivity contribution in [1.29, 1.82) is 0 Å². The van der Waals surface area contributed by atoms with Crippen LogP contribution < -0.4 is 0 Å². The highest BCUT2D eigenvalue weighted by Crippen LogP contribution is 2.43. The van der Waals surface area contributed by atoms with Gasteiger partial charge in [-0.05, 0) is 51.4 Å². The zero-order chi connectivity index (χ0) is 62.6. The van der Waals surface area contributed by atoms with E-state index in [1.54, 1.807) is 0 Å². The fraction of sp³-hybridized carbons (Fsp3) is 0.868. The molecule has 0 aliphatic carbocycles. The van der Waals surface area contributed by atoms with Crippen molar-refractivity contribution in [3.63, 3.8) is 0 Å². The summed E-state index contributed by atoms with van der Waals surface area (Å²) in [4.78, 5) is 35.9. The molecule has 0 aromatic heterocycles. The number of hydrogen-bond donors (Lipinski definition) is 1. The van der Waals surface area contributed by atoms with Crippen molar-refractivity contribution < 1.29 is 42.1 Å². The van der Waals surface area contributed by atoms with Gasteiger partial charge in [0, 0.05) is 12.8 Å². The maximum absolute atomic E-state index is 12.9. The van der Waals surface area contributed by atoms with E-state index in [-0.39, 0.29) is 25.6 Å². The van der Waals surface area contributed by atoms with E-state index in [4.69, 9.17) is 18.5 Å². The van der Waals surface area contributed by atoms with Crippen LogP contribution >= 0.6 is 7.82 Å². The van der Waals surface area contributed by atoms with Gasteiger partial charge < -0.3 is 18.9 Å². The molecule has 0 amide bonds. The molecule has 0 spiro atoms. The molecule has 0 aromatic carbocycles. The minimum absolute atomic E-state index is 0.0355. The lowest BCUT2D eigenvalue weighted by Gasteiger charge is -2.24. The van der Waals surface area contributed by atoms with Crippen molar-refractivity contribution in [2.45, 2.75) is 380 Å². The Morgan fingerprint density at radius 1 is 0.372 bits per heavy atom. The maximum Gasteiger partial charge on any atom is 0.472 e. The number of carbonyl (C=O) groups is 2. The summed E-state index contributed by atoms with van der Waals surface area (Å²) >= 11 is 0. The van der Waals surface area contributed by atoms with Crippen LogP contribution in [-0.4, -0.2) is 74.9 Å². The Bertz CT molecular complexity index is 1590. The molecule has 0 rings (SSSR count). The van der Waals surface area contributed by atoms with E-state index in [2.05, 4.69) is 62.5 Å². The summed E-state index contributed by atoms with van der Waals surface area (Å²) in [5, 5.41) is 0. The highest BCUT2D eigenvalue weighted by Gasteiger charge is 2.27. The van der Waals surface area contributed by atoms with Gasteiger partial charge >= 0.3 is 19.8 Å². The third kappa shape index (κ3) is 71.1. The quantitative estimate of drug-likeness (QED) is 0.0211. The van der Waals surface area contributed by atoms with E-state index >= 15 is 0 Å². The third-order valence-corrected chi connectivity index (χ3v) is 17.9. The summed E-state index contributed by atoms with van der Waals surface area (Å²) in [6.07, 6.45) is 88.2. The summed E-state index contributed by atoms with van der Waals surface area (Å²) < 4.78 is 34.8. The van der Waals surface area contributed by atoms with Crippen molar-refractivity contribution in [2.24, 2.45) is 0 Å². The van der Waals surface area contributed by atoms with E-state index in [0.717, 1.165) is 57.8 Å². The second-order valence-electron chi connectivity index (χ2n) is 26.7. The number of rotatable bonds is 70. The van der Waals surface area contributed by atoms with Gasteiger partial charge in [-0.1, -0.05) is 358 Å². The van der Waals surface area contributed by atoms with Gasteiger partial charge in [0.2, 0.25) is 0 Å². The van der Waals surface area contributed by atoms with E-state index in [1.165, 1.54) is 283 Å². The minimum atomic E-state index is -4.39. The molecule has 0 radical (unpaired) electrons. The molecule has 10 heteroatoms. The topological polar surface area (TPSA) is 108 Å². The molecular formula is C76H145NO8P+. The largest absolute Gasteiger partial charge is 0.472 e. The molecule has 2 atom stereocenters. The number of carbonyl (C=O) groups excluding carboxylic acids is 2. The molecule has 0 saturated heterocycles. The monoisotopic (exact) mass is 1230 g/mol. The molecule has 1 N–H and O–H groups in total. The zero-order valence-electron chi connectivity index (χ0n) is 57.8. The number of nitrogens with zero attached hydrogens (tertiary/aromatic N) is 1. The van der Waals surface area contributed by atoms with Crippen molar-refractivity contribution in [3.8, 4) is 0 Å². The summed E-state index contributed by atoms with van der Waals surface area (Å²) in [5.41, 5.74) is 0. The number of ether oxygens (including phenoxy) is 2. The molecule has 9 nitrogen and oxygen atoms in total. The van der Waals surface area contributed by atoms with Crippen LogP contribution in [0.1, 0.15) is 373 Å². The summed E-state index contributed by atoms with van der Waals surface area (Å²) in [5.74, 6) is -0.772. The first-order valence-corrected chi connectivity index (χ1v) is 38.9. The Morgan fingerprint density at radius 3 is 0.988 bits per heavy atom. The predicted octanol–water partition coefficient (Wildman–Crippen LogP) is 24.4. The van der Waals surface area contributed by atoms with Crippen molar-refractivity contribution in [2.75, 3.05) is 47.5 Å². The number of hydrogen-bond acceptors (Lipinski definition) is 7. The first-order valence-electron chi connectivity index (χ1n) is 37.4. The number of phosphoric ester groups is 1. The molecule has 2 unspecified atom stereocenters. The lowest BCUT2D eigenvalue weighted by atomic mass is 10.0. The van der Waals surface area contributed by atoms with Gasteiger partial charge in [0.25, 0.3) is 0 Å². The Balaban J connectivity index is 3.90. The first kappa shape index (κ1) is 84.0. The SMILES string of the molecule is CC/C=C\C/C=C\C/C=C\C/C=C\CCCCCCCCCCCCCCCCCCCCCCCCCCCCC(=O)OC(COC(=O)CCCCCCCCCCCCCCCCCCCCCCCCC)COP(=O)(O)OCC[N+](C)(C)C. The van der Waals surface area contributed by atoms with Gasteiger partial charge in [-0.15, -0.1) is 0 Å². The van der Waals surface area contributed by atoms with Gasteiger partial charge in [-0.2, -0.15) is 0 Å². The average molecular weight is 1230 g/mol. The number of unbranched alkanes of at least 4 members (excludes halogenated alkanes) is 48. The van der Waals surface area contributed by atoms with E-state index in [9.17, 15) is 19.0 Å². The van der Waals surface area contributed by atoms with Crippen LogP contribution in [0.3, 0.4) is 0 Å². The number of phosphoric acid groups is 1. The Hall–Kier alpha value is -2.03. The van der Waals surface area contributed by atoms with E-state index in [1.807, 2.05) is 21.1 Å². The molecule has 506 valence electrons. The molecule has 0 fully saturated rings. The molecule has 0 aromatic rings. The van der Waals surface area contributed by atoms with Crippen LogP contribution in [0.4, 0.5) is 0 Å². The maximum atomic E-state index is 12.9. The van der Waals surface area contributed by atoms with E-state index < -0.39 is 26.5 Å². The molecule has 0 heterocycles. The van der Waals surface area contributed by atoms with Gasteiger partial charge in [0.15, 0.2) is 6.10 Å². The van der Waals surface area contributed by atoms with Crippen LogP contribution in [0, 0.1) is 0 Å². The third-order valence-electron chi connectivity index (χ3n) is 16.9. The highest BCUT2D eigenvalue weighted by molar-refractivity contribution is 7.47. The number of quaternary nitrogens is 1. The van der Waals surface area contributed by atoms with Crippen molar-refractivity contribution >= 4 is 19.8 Å². The standard InChI is InChI=1S/C76H144NO8P/c1-6-8-10-12-14-16-18-20-22-24-26-28-30-31-32-33-34-35-36-37-38-39-40-41-42-43-44-45-47-49-51-53-55-57-59-61-63-65-67-69-76(79)85-74(73-84-86(80,81)83-71-70-77(3,4)5)72-82-75(78)68-66-64-62-60-58-56-54-52-50-48-46-29-27-25-23-21-19-17-15-13-11-9-7-2/h8,10,14,16,20,22,26,28,74H,6-7,9,11-13,15,17-19,21,23-25,27,29-73H2,1-5H3/p+1/b10-8-,16-14-,22-20-,28-26-. The highest BCUT2D eigenvalue weighted by atomic mass is 31.2. The predicted molar refractivity (Wildman–Crippen MR) is 372 cm³/mol. The number of allylic oxidation sites excluding steroid dienone is 8. The fourth-order valence-corrected chi connectivity index (χ4v) is 11.9. The summed E-state index contributed by atoms with van der Waals surface area (Å²) in [6, 6.07) is 0. The number of esters is 2. The lowest BCUT2D eigenvalue weighted by Crippen LogP contribution is -2.37. The Morgan fingerprint density at radius 2 is 0.663 bits per heavy atom. The molecule has 0 bridgehead atoms. The molecule has 0 saturated carbocycles. The van der Waals surface area contributed by atoms with Gasteiger partial charge in [0.05, 0.1) is 27.7 Å². The first-order chi connectivity index (χ1) is 42.0. The van der Waals surface area contributed by atoms with Crippen LogP contribution in [0.5, 0.6) is 0 Å². The molecular weight excluding hydrogens is 1090 g/mol. The van der Waals surface area contributed by atoms with Crippen LogP contribution in [-0.2, 0) is 32.7 Å². The number of likely N-dealkylation sites (N-methyl/N-ethyl adjacent to an activating group) is 1.